The molecular weight excluding hydrogens is 242 g/mol. The first-order valence-corrected chi connectivity index (χ1v) is 6.20. The number of carbonyl (C=O) groups is 1. The summed E-state index contributed by atoms with van der Waals surface area (Å²) in [5.41, 5.74) is 0.998. The SMILES string of the molecule is CC(C)NC(=O)/C=C/C=C/c1ccc2c(c1)OCO2. The molecule has 1 aromatic carbocycles. The summed E-state index contributed by atoms with van der Waals surface area (Å²) in [4.78, 5) is 11.3. The van der Waals surface area contributed by atoms with Crippen LogP contribution in [0.1, 0.15) is 19.4 Å². The van der Waals surface area contributed by atoms with Gasteiger partial charge in [-0.3, -0.25) is 4.79 Å². The molecule has 0 saturated carbocycles. The largest absolute Gasteiger partial charge is 0.454 e. The van der Waals surface area contributed by atoms with Crippen molar-refractivity contribution in [3.8, 4) is 11.5 Å². The summed E-state index contributed by atoms with van der Waals surface area (Å²) in [5.74, 6) is 1.43. The number of benzene rings is 1. The monoisotopic (exact) mass is 259 g/mol. The number of carbonyl (C=O) groups excluding carboxylic acids is 1. The summed E-state index contributed by atoms with van der Waals surface area (Å²) in [6.45, 7) is 4.13. The molecule has 4 heteroatoms. The lowest BCUT2D eigenvalue weighted by molar-refractivity contribution is -0.116. The predicted molar refractivity (Wildman–Crippen MR) is 74.0 cm³/mol. The van der Waals surface area contributed by atoms with Crippen LogP contribution >= 0.6 is 0 Å². The molecule has 2 rings (SSSR count). The molecule has 0 atom stereocenters. The van der Waals surface area contributed by atoms with Crippen molar-refractivity contribution in [2.45, 2.75) is 19.9 Å². The first kappa shape index (κ1) is 13.2. The molecule has 1 aliphatic heterocycles. The fourth-order valence-corrected chi connectivity index (χ4v) is 1.66. The van der Waals surface area contributed by atoms with Gasteiger partial charge in [-0.1, -0.05) is 24.3 Å². The van der Waals surface area contributed by atoms with Crippen molar-refractivity contribution in [1.29, 1.82) is 0 Å². The van der Waals surface area contributed by atoms with Gasteiger partial charge in [0.1, 0.15) is 0 Å². The van der Waals surface area contributed by atoms with E-state index in [1.165, 1.54) is 6.08 Å². The van der Waals surface area contributed by atoms with Crippen LogP contribution in [0.4, 0.5) is 0 Å². The van der Waals surface area contributed by atoms with E-state index in [4.69, 9.17) is 9.47 Å². The van der Waals surface area contributed by atoms with Crippen molar-refractivity contribution in [1.82, 2.24) is 5.32 Å². The van der Waals surface area contributed by atoms with Gasteiger partial charge in [0.25, 0.3) is 0 Å². The Morgan fingerprint density at radius 1 is 1.26 bits per heavy atom. The van der Waals surface area contributed by atoms with E-state index in [0.717, 1.165) is 17.1 Å². The maximum atomic E-state index is 11.3. The molecule has 0 spiro atoms. The lowest BCUT2D eigenvalue weighted by Crippen LogP contribution is -2.28. The van der Waals surface area contributed by atoms with Crippen LogP contribution in [0.5, 0.6) is 11.5 Å². The van der Waals surface area contributed by atoms with Crippen molar-refractivity contribution < 1.29 is 14.3 Å². The predicted octanol–water partition coefficient (Wildman–Crippen LogP) is 2.51. The maximum absolute atomic E-state index is 11.3. The Hall–Kier alpha value is -2.23. The quantitative estimate of drug-likeness (QED) is 0.667. The highest BCUT2D eigenvalue weighted by molar-refractivity contribution is 5.88. The molecule has 0 saturated heterocycles. The number of ether oxygens (including phenoxy) is 2. The van der Waals surface area contributed by atoms with E-state index < -0.39 is 0 Å². The summed E-state index contributed by atoms with van der Waals surface area (Å²) in [7, 11) is 0. The van der Waals surface area contributed by atoms with Crippen LogP contribution in [0.15, 0.2) is 36.4 Å². The van der Waals surface area contributed by atoms with E-state index >= 15 is 0 Å². The van der Waals surface area contributed by atoms with Crippen molar-refractivity contribution >= 4 is 12.0 Å². The minimum atomic E-state index is -0.0923. The summed E-state index contributed by atoms with van der Waals surface area (Å²) >= 11 is 0. The smallest absolute Gasteiger partial charge is 0.244 e. The van der Waals surface area contributed by atoms with Crippen molar-refractivity contribution in [2.24, 2.45) is 0 Å². The van der Waals surface area contributed by atoms with Gasteiger partial charge in [0.05, 0.1) is 0 Å². The topological polar surface area (TPSA) is 47.6 Å². The van der Waals surface area contributed by atoms with Gasteiger partial charge < -0.3 is 14.8 Å². The van der Waals surface area contributed by atoms with E-state index in [0.29, 0.717) is 0 Å². The number of hydrogen-bond donors (Lipinski definition) is 1. The molecule has 0 radical (unpaired) electrons. The molecule has 1 aromatic rings. The van der Waals surface area contributed by atoms with Crippen LogP contribution in [0.2, 0.25) is 0 Å². The average Bonchev–Trinajstić information content (AvgIpc) is 2.81. The highest BCUT2D eigenvalue weighted by atomic mass is 16.7. The zero-order valence-corrected chi connectivity index (χ0v) is 11.1. The Morgan fingerprint density at radius 3 is 2.84 bits per heavy atom. The van der Waals surface area contributed by atoms with E-state index in [1.54, 1.807) is 6.08 Å². The minimum Gasteiger partial charge on any atom is -0.454 e. The first-order chi connectivity index (χ1) is 9.15. The maximum Gasteiger partial charge on any atom is 0.244 e. The Labute approximate surface area is 112 Å². The Bertz CT molecular complexity index is 518. The summed E-state index contributed by atoms with van der Waals surface area (Å²) in [5, 5.41) is 2.78. The number of fused-ring (bicyclic) bond motifs is 1. The molecule has 1 amide bonds. The summed E-state index contributed by atoms with van der Waals surface area (Å²) in [6, 6.07) is 5.86. The molecule has 19 heavy (non-hydrogen) atoms. The van der Waals surface area contributed by atoms with Crippen molar-refractivity contribution in [3.63, 3.8) is 0 Å². The highest BCUT2D eigenvalue weighted by Gasteiger charge is 2.11. The van der Waals surface area contributed by atoms with Gasteiger partial charge in [-0.15, -0.1) is 0 Å². The lowest BCUT2D eigenvalue weighted by Gasteiger charge is -2.03. The Balaban J connectivity index is 1.92. The molecule has 100 valence electrons. The van der Waals surface area contributed by atoms with E-state index in [9.17, 15) is 4.79 Å². The second-order valence-corrected chi connectivity index (χ2v) is 4.49. The molecule has 0 aliphatic carbocycles. The number of rotatable bonds is 4. The minimum absolute atomic E-state index is 0.0923. The van der Waals surface area contributed by atoms with Gasteiger partial charge in [0.15, 0.2) is 11.5 Å². The van der Waals surface area contributed by atoms with E-state index in [1.807, 2.05) is 44.2 Å². The van der Waals surface area contributed by atoms with Crippen molar-refractivity contribution in [3.05, 3.63) is 42.0 Å². The molecule has 0 bridgehead atoms. The van der Waals surface area contributed by atoms with Crippen LogP contribution < -0.4 is 14.8 Å². The van der Waals surface area contributed by atoms with E-state index in [-0.39, 0.29) is 18.7 Å². The second kappa shape index (κ2) is 6.09. The van der Waals surface area contributed by atoms with Gasteiger partial charge in [-0.25, -0.2) is 0 Å². The van der Waals surface area contributed by atoms with Crippen molar-refractivity contribution in [2.75, 3.05) is 6.79 Å². The lowest BCUT2D eigenvalue weighted by atomic mass is 10.2. The highest BCUT2D eigenvalue weighted by Crippen LogP contribution is 2.32. The Kier molecular flexibility index (Phi) is 4.23. The third kappa shape index (κ3) is 3.88. The second-order valence-electron chi connectivity index (χ2n) is 4.49. The zero-order chi connectivity index (χ0) is 13.7. The van der Waals surface area contributed by atoms with Crippen LogP contribution in [0.3, 0.4) is 0 Å². The molecule has 0 unspecified atom stereocenters. The van der Waals surface area contributed by atoms with Crippen LogP contribution in [0.25, 0.3) is 6.08 Å². The zero-order valence-electron chi connectivity index (χ0n) is 11.1. The third-order valence-electron chi connectivity index (χ3n) is 2.47. The number of amides is 1. The van der Waals surface area contributed by atoms with Gasteiger partial charge in [0.2, 0.25) is 12.7 Å². The van der Waals surface area contributed by atoms with Gasteiger partial charge >= 0.3 is 0 Å². The summed E-state index contributed by atoms with van der Waals surface area (Å²) in [6.07, 6.45) is 6.93. The average molecular weight is 259 g/mol. The van der Waals surface area contributed by atoms with Crippen LogP contribution in [-0.2, 0) is 4.79 Å². The van der Waals surface area contributed by atoms with Gasteiger partial charge in [-0.05, 0) is 31.5 Å². The standard InChI is InChI=1S/C15H17NO3/c1-11(2)16-15(17)6-4-3-5-12-7-8-13-14(9-12)19-10-18-13/h3-9,11H,10H2,1-2H3,(H,16,17)/b5-3+,6-4+. The van der Waals surface area contributed by atoms with Crippen LogP contribution in [0, 0.1) is 0 Å². The number of hydrogen-bond acceptors (Lipinski definition) is 3. The summed E-state index contributed by atoms with van der Waals surface area (Å²) < 4.78 is 10.5. The molecule has 4 nitrogen and oxygen atoms in total. The Morgan fingerprint density at radius 2 is 2.05 bits per heavy atom. The van der Waals surface area contributed by atoms with Crippen LogP contribution in [-0.4, -0.2) is 18.7 Å². The van der Waals surface area contributed by atoms with Gasteiger partial charge in [-0.2, -0.15) is 0 Å². The number of allylic oxidation sites excluding steroid dienone is 2. The van der Waals surface area contributed by atoms with Gasteiger partial charge in [0, 0.05) is 12.1 Å². The molecule has 1 aliphatic rings. The molecule has 1 heterocycles. The molecule has 0 fully saturated rings. The molecule has 0 aromatic heterocycles. The molecule has 1 N–H and O–H groups in total. The number of nitrogens with one attached hydrogen (secondary N) is 1. The fraction of sp³-hybridized carbons (Fsp3) is 0.267. The third-order valence-corrected chi connectivity index (χ3v) is 2.47. The fourth-order valence-electron chi connectivity index (χ4n) is 1.66. The van der Waals surface area contributed by atoms with E-state index in [2.05, 4.69) is 5.32 Å². The molecular formula is C15H17NO3. The normalized spacial score (nSPS) is 13.6. The first-order valence-electron chi connectivity index (χ1n) is 6.20.